The second-order valence-electron chi connectivity index (χ2n) is 3.85. The highest BCUT2D eigenvalue weighted by Crippen LogP contribution is 2.24. The van der Waals surface area contributed by atoms with Crippen molar-refractivity contribution in [3.8, 4) is 11.5 Å². The van der Waals surface area contributed by atoms with Crippen molar-refractivity contribution < 1.29 is 4.42 Å². The van der Waals surface area contributed by atoms with E-state index in [1.165, 1.54) is 6.39 Å². The molecule has 0 aliphatic rings. The summed E-state index contributed by atoms with van der Waals surface area (Å²) in [5.74, 6) is 0.813. The Hall–Kier alpha value is -1.62. The number of aryl methyl sites for hydroxylation is 2. The highest BCUT2D eigenvalue weighted by atomic mass is 16.3. The van der Waals surface area contributed by atoms with E-state index < -0.39 is 0 Å². The summed E-state index contributed by atoms with van der Waals surface area (Å²) >= 11 is 0. The van der Waals surface area contributed by atoms with E-state index in [0.717, 1.165) is 35.8 Å². The molecule has 0 aliphatic heterocycles. The molecule has 0 radical (unpaired) electrons. The van der Waals surface area contributed by atoms with Crippen molar-refractivity contribution in [2.75, 3.05) is 7.05 Å². The lowest BCUT2D eigenvalue weighted by Crippen LogP contribution is -2.07. The summed E-state index contributed by atoms with van der Waals surface area (Å²) in [7, 11) is 1.90. The Morgan fingerprint density at radius 1 is 1.41 bits per heavy atom. The third-order valence-electron chi connectivity index (χ3n) is 2.71. The van der Waals surface area contributed by atoms with Crippen LogP contribution in [0.15, 0.2) is 16.9 Å². The van der Waals surface area contributed by atoms with Crippen molar-refractivity contribution in [1.82, 2.24) is 20.1 Å². The monoisotopic (exact) mass is 234 g/mol. The largest absolute Gasteiger partial charge is 0.442 e. The fraction of sp³-hybridized carbons (Fsp3) is 0.500. The van der Waals surface area contributed by atoms with Gasteiger partial charge in [0.2, 0.25) is 0 Å². The van der Waals surface area contributed by atoms with Gasteiger partial charge in [0.1, 0.15) is 11.4 Å². The van der Waals surface area contributed by atoms with Gasteiger partial charge in [-0.05, 0) is 26.5 Å². The molecule has 2 heterocycles. The lowest BCUT2D eigenvalue weighted by molar-refractivity contribution is 0.555. The molecule has 0 saturated carbocycles. The zero-order valence-corrected chi connectivity index (χ0v) is 10.5. The van der Waals surface area contributed by atoms with E-state index in [4.69, 9.17) is 4.42 Å². The van der Waals surface area contributed by atoms with Crippen LogP contribution in [0.3, 0.4) is 0 Å². The first-order valence-corrected chi connectivity index (χ1v) is 5.94. The predicted octanol–water partition coefficient (Wildman–Crippen LogP) is 1.84. The summed E-state index contributed by atoms with van der Waals surface area (Å²) in [4.78, 5) is 4.22. The second-order valence-corrected chi connectivity index (χ2v) is 3.85. The van der Waals surface area contributed by atoms with E-state index in [-0.39, 0.29) is 0 Å². The van der Waals surface area contributed by atoms with Crippen molar-refractivity contribution in [3.63, 3.8) is 0 Å². The molecule has 0 aliphatic carbocycles. The van der Waals surface area contributed by atoms with Crippen LogP contribution in [0.5, 0.6) is 0 Å². The maximum Gasteiger partial charge on any atom is 0.181 e. The van der Waals surface area contributed by atoms with Crippen LogP contribution in [0.2, 0.25) is 0 Å². The lowest BCUT2D eigenvalue weighted by Gasteiger charge is -2.03. The smallest absolute Gasteiger partial charge is 0.181 e. The highest BCUT2D eigenvalue weighted by molar-refractivity contribution is 5.56. The summed E-state index contributed by atoms with van der Waals surface area (Å²) in [5.41, 5.74) is 3.01. The van der Waals surface area contributed by atoms with E-state index in [1.54, 1.807) is 0 Å². The molecule has 5 nitrogen and oxygen atoms in total. The van der Waals surface area contributed by atoms with Gasteiger partial charge in [0, 0.05) is 13.1 Å². The van der Waals surface area contributed by atoms with Crippen LogP contribution in [-0.2, 0) is 19.5 Å². The molecule has 1 N–H and O–H groups in total. The number of nitrogens with zero attached hydrogens (tertiary/aromatic N) is 3. The van der Waals surface area contributed by atoms with Crippen molar-refractivity contribution >= 4 is 0 Å². The average Bonchev–Trinajstić information content (AvgIpc) is 2.94. The van der Waals surface area contributed by atoms with Gasteiger partial charge < -0.3 is 9.73 Å². The molecule has 0 atom stereocenters. The standard InChI is InChI=1S/C12H18N4O/c1-4-9-6-11(16(5-2)15-9)12-10(7-13-3)14-8-17-12/h6,8,13H,4-5,7H2,1-3H3. The first-order valence-electron chi connectivity index (χ1n) is 5.94. The van der Waals surface area contributed by atoms with E-state index in [0.29, 0.717) is 6.54 Å². The molecule has 5 heteroatoms. The minimum Gasteiger partial charge on any atom is -0.442 e. The molecule has 2 aromatic heterocycles. The molecule has 0 spiro atoms. The molecular weight excluding hydrogens is 216 g/mol. The van der Waals surface area contributed by atoms with Gasteiger partial charge in [-0.25, -0.2) is 4.98 Å². The maximum atomic E-state index is 5.49. The van der Waals surface area contributed by atoms with Crippen LogP contribution in [0.1, 0.15) is 25.2 Å². The Kier molecular flexibility index (Phi) is 3.58. The Morgan fingerprint density at radius 2 is 2.24 bits per heavy atom. The van der Waals surface area contributed by atoms with E-state index in [1.807, 2.05) is 11.7 Å². The molecular formula is C12H18N4O. The number of hydrogen-bond donors (Lipinski definition) is 1. The minimum absolute atomic E-state index is 0.697. The van der Waals surface area contributed by atoms with Gasteiger partial charge in [-0.1, -0.05) is 6.92 Å². The van der Waals surface area contributed by atoms with Gasteiger partial charge in [0.25, 0.3) is 0 Å². The number of nitrogens with one attached hydrogen (secondary N) is 1. The zero-order valence-electron chi connectivity index (χ0n) is 10.5. The molecule has 0 unspecified atom stereocenters. The summed E-state index contributed by atoms with van der Waals surface area (Å²) < 4.78 is 7.45. The maximum absolute atomic E-state index is 5.49. The summed E-state index contributed by atoms with van der Waals surface area (Å²) in [6, 6.07) is 2.07. The van der Waals surface area contributed by atoms with Gasteiger partial charge >= 0.3 is 0 Å². The van der Waals surface area contributed by atoms with Crippen LogP contribution in [0.25, 0.3) is 11.5 Å². The molecule has 0 saturated heterocycles. The number of hydrogen-bond acceptors (Lipinski definition) is 4. The Balaban J connectivity index is 2.43. The normalized spacial score (nSPS) is 11.0. The molecule has 0 amide bonds. The minimum atomic E-state index is 0.697. The lowest BCUT2D eigenvalue weighted by atomic mass is 10.2. The Labute approximate surface area is 101 Å². The van der Waals surface area contributed by atoms with Gasteiger partial charge in [0.05, 0.1) is 5.69 Å². The molecule has 0 fully saturated rings. The topological polar surface area (TPSA) is 55.9 Å². The van der Waals surface area contributed by atoms with Gasteiger partial charge in [-0.3, -0.25) is 4.68 Å². The SMILES string of the molecule is CCc1cc(-c2ocnc2CNC)n(CC)n1. The van der Waals surface area contributed by atoms with Crippen LogP contribution < -0.4 is 5.32 Å². The number of rotatable bonds is 5. The fourth-order valence-corrected chi connectivity index (χ4v) is 1.84. The van der Waals surface area contributed by atoms with E-state index >= 15 is 0 Å². The third kappa shape index (κ3) is 2.24. The first kappa shape index (κ1) is 11.9. The number of aromatic nitrogens is 3. The quantitative estimate of drug-likeness (QED) is 0.857. The Bertz CT molecular complexity index is 486. The molecule has 17 heavy (non-hydrogen) atoms. The predicted molar refractivity (Wildman–Crippen MR) is 65.5 cm³/mol. The van der Waals surface area contributed by atoms with Gasteiger partial charge in [-0.2, -0.15) is 5.10 Å². The summed E-state index contributed by atoms with van der Waals surface area (Å²) in [5, 5.41) is 7.60. The van der Waals surface area contributed by atoms with Crippen LogP contribution in [0, 0.1) is 0 Å². The van der Waals surface area contributed by atoms with Crippen molar-refractivity contribution in [1.29, 1.82) is 0 Å². The van der Waals surface area contributed by atoms with Gasteiger partial charge in [0.15, 0.2) is 12.2 Å². The van der Waals surface area contributed by atoms with E-state index in [9.17, 15) is 0 Å². The number of oxazole rings is 1. The van der Waals surface area contributed by atoms with Crippen LogP contribution >= 0.6 is 0 Å². The molecule has 0 bridgehead atoms. The summed E-state index contributed by atoms with van der Waals surface area (Å²) in [6.45, 7) is 5.70. The molecule has 92 valence electrons. The third-order valence-corrected chi connectivity index (χ3v) is 2.71. The van der Waals surface area contributed by atoms with Crippen molar-refractivity contribution in [2.45, 2.75) is 33.4 Å². The average molecular weight is 234 g/mol. The van der Waals surface area contributed by atoms with Crippen molar-refractivity contribution in [2.24, 2.45) is 0 Å². The highest BCUT2D eigenvalue weighted by Gasteiger charge is 2.15. The fourth-order valence-electron chi connectivity index (χ4n) is 1.84. The van der Waals surface area contributed by atoms with Crippen LogP contribution in [0.4, 0.5) is 0 Å². The van der Waals surface area contributed by atoms with Crippen LogP contribution in [-0.4, -0.2) is 21.8 Å². The molecule has 0 aromatic carbocycles. The zero-order chi connectivity index (χ0) is 12.3. The van der Waals surface area contributed by atoms with Crippen molar-refractivity contribution in [3.05, 3.63) is 23.8 Å². The molecule has 2 rings (SSSR count). The second kappa shape index (κ2) is 5.14. The van der Waals surface area contributed by atoms with Gasteiger partial charge in [-0.15, -0.1) is 0 Å². The Morgan fingerprint density at radius 3 is 2.88 bits per heavy atom. The molecule has 2 aromatic rings. The summed E-state index contributed by atoms with van der Waals surface area (Å²) in [6.07, 6.45) is 2.41. The first-order chi connectivity index (χ1) is 8.30. The van der Waals surface area contributed by atoms with E-state index in [2.05, 4.69) is 35.3 Å².